The van der Waals surface area contributed by atoms with E-state index >= 15 is 0 Å². The zero-order valence-electron chi connectivity index (χ0n) is 9.27. The molecule has 0 radical (unpaired) electrons. The van der Waals surface area contributed by atoms with Crippen LogP contribution in [0.5, 0.6) is 0 Å². The van der Waals surface area contributed by atoms with Gasteiger partial charge in [0.2, 0.25) is 0 Å². The largest absolute Gasteiger partial charge is 0.380 e. The van der Waals surface area contributed by atoms with Crippen molar-refractivity contribution >= 4 is 11.8 Å². The highest BCUT2D eigenvalue weighted by atomic mass is 32.2. The second kappa shape index (κ2) is 7.67. The Bertz CT molecular complexity index is 266. The molecular formula is C9H18N4OS. The van der Waals surface area contributed by atoms with Crippen molar-refractivity contribution in [2.45, 2.75) is 12.1 Å². The van der Waals surface area contributed by atoms with E-state index in [2.05, 4.69) is 15.4 Å². The molecule has 1 aromatic heterocycles. The van der Waals surface area contributed by atoms with Crippen molar-refractivity contribution in [2.24, 2.45) is 7.05 Å². The van der Waals surface area contributed by atoms with Gasteiger partial charge >= 0.3 is 0 Å². The smallest absolute Gasteiger partial charge is 0.185 e. The topological polar surface area (TPSA) is 52.0 Å². The van der Waals surface area contributed by atoms with E-state index in [0.29, 0.717) is 0 Å². The first-order valence-corrected chi connectivity index (χ1v) is 6.08. The molecular weight excluding hydrogens is 212 g/mol. The Morgan fingerprint density at radius 1 is 1.53 bits per heavy atom. The number of nitrogens with one attached hydrogen (secondary N) is 1. The lowest BCUT2D eigenvalue weighted by atomic mass is 10.6. The third-order valence-electron chi connectivity index (χ3n) is 1.81. The molecule has 15 heavy (non-hydrogen) atoms. The van der Waals surface area contributed by atoms with Crippen LogP contribution in [0.2, 0.25) is 0 Å². The lowest BCUT2D eigenvalue weighted by molar-refractivity contribution is 0.150. The van der Waals surface area contributed by atoms with Crippen molar-refractivity contribution in [3.8, 4) is 0 Å². The number of nitrogens with zero attached hydrogens (tertiary/aromatic N) is 3. The van der Waals surface area contributed by atoms with Crippen molar-refractivity contribution < 1.29 is 4.74 Å². The molecule has 0 aliphatic rings. The Morgan fingerprint density at radius 2 is 2.40 bits per heavy atom. The predicted molar refractivity (Wildman–Crippen MR) is 61.1 cm³/mol. The highest BCUT2D eigenvalue weighted by Gasteiger charge is 1.99. The predicted octanol–water partition coefficient (Wildman–Crippen LogP) is 0.533. The van der Waals surface area contributed by atoms with Gasteiger partial charge in [-0.1, -0.05) is 11.8 Å². The molecule has 1 aromatic rings. The maximum absolute atomic E-state index is 5.21. The lowest BCUT2D eigenvalue weighted by Crippen LogP contribution is -2.22. The summed E-state index contributed by atoms with van der Waals surface area (Å²) in [6.45, 7) is 5.45. The van der Waals surface area contributed by atoms with Crippen molar-refractivity contribution in [3.05, 3.63) is 6.33 Å². The average Bonchev–Trinajstić information content (AvgIpc) is 2.63. The molecule has 86 valence electrons. The number of ether oxygens (including phenoxy) is 1. The summed E-state index contributed by atoms with van der Waals surface area (Å²) < 4.78 is 6.99. The van der Waals surface area contributed by atoms with Gasteiger partial charge in [0.05, 0.1) is 6.61 Å². The summed E-state index contributed by atoms with van der Waals surface area (Å²) in [6.07, 6.45) is 1.57. The van der Waals surface area contributed by atoms with Crippen LogP contribution in [-0.2, 0) is 11.8 Å². The maximum Gasteiger partial charge on any atom is 0.185 e. The van der Waals surface area contributed by atoms with Crippen LogP contribution in [0.4, 0.5) is 0 Å². The van der Waals surface area contributed by atoms with Crippen molar-refractivity contribution in [1.82, 2.24) is 20.1 Å². The molecule has 1 rings (SSSR count). The Labute approximate surface area is 94.6 Å². The summed E-state index contributed by atoms with van der Waals surface area (Å²) in [5, 5.41) is 8.26. The molecule has 1 N–H and O–H groups in total. The number of thioether (sulfide) groups is 1. The highest BCUT2D eigenvalue weighted by molar-refractivity contribution is 7.99. The molecule has 0 saturated heterocycles. The number of rotatable bonds is 8. The summed E-state index contributed by atoms with van der Waals surface area (Å²) in [6, 6.07) is 0. The monoisotopic (exact) mass is 230 g/mol. The van der Waals surface area contributed by atoms with E-state index in [0.717, 1.165) is 37.2 Å². The van der Waals surface area contributed by atoms with E-state index in [4.69, 9.17) is 4.74 Å². The molecule has 0 atom stereocenters. The van der Waals surface area contributed by atoms with Crippen LogP contribution in [0, 0.1) is 0 Å². The van der Waals surface area contributed by atoms with Gasteiger partial charge in [-0.2, -0.15) is 5.10 Å². The average molecular weight is 230 g/mol. The molecule has 0 spiro atoms. The Kier molecular flexibility index (Phi) is 6.38. The van der Waals surface area contributed by atoms with Gasteiger partial charge in [-0.25, -0.2) is 9.67 Å². The van der Waals surface area contributed by atoms with Crippen LogP contribution in [-0.4, -0.2) is 46.8 Å². The summed E-state index contributed by atoms with van der Waals surface area (Å²) in [7, 11) is 1.90. The summed E-state index contributed by atoms with van der Waals surface area (Å²) in [5.74, 6) is 0.999. The molecule has 6 heteroatoms. The van der Waals surface area contributed by atoms with Crippen molar-refractivity contribution in [3.63, 3.8) is 0 Å². The Balaban J connectivity index is 1.96. The first-order valence-electron chi connectivity index (χ1n) is 5.10. The van der Waals surface area contributed by atoms with Gasteiger partial charge in [-0.15, -0.1) is 0 Å². The van der Waals surface area contributed by atoms with Crippen molar-refractivity contribution in [2.75, 3.05) is 32.1 Å². The van der Waals surface area contributed by atoms with Gasteiger partial charge in [-0.05, 0) is 6.92 Å². The molecule has 0 unspecified atom stereocenters. The Hall–Kier alpha value is -0.590. The first-order chi connectivity index (χ1) is 7.34. The molecule has 0 amide bonds. The van der Waals surface area contributed by atoms with Crippen LogP contribution < -0.4 is 5.32 Å². The number of hydrogen-bond donors (Lipinski definition) is 1. The SMILES string of the molecule is CCOCCNCCSc1ncnn1C. The van der Waals surface area contributed by atoms with E-state index < -0.39 is 0 Å². The molecule has 0 saturated carbocycles. The fourth-order valence-corrected chi connectivity index (χ4v) is 1.83. The third kappa shape index (κ3) is 5.15. The minimum atomic E-state index is 0.783. The maximum atomic E-state index is 5.21. The molecule has 0 aromatic carbocycles. The quantitative estimate of drug-likeness (QED) is 0.521. The van der Waals surface area contributed by atoms with Gasteiger partial charge in [-0.3, -0.25) is 0 Å². The van der Waals surface area contributed by atoms with Crippen LogP contribution in [0.15, 0.2) is 11.5 Å². The van der Waals surface area contributed by atoms with E-state index in [-0.39, 0.29) is 0 Å². The highest BCUT2D eigenvalue weighted by Crippen LogP contribution is 2.11. The zero-order chi connectivity index (χ0) is 10.9. The normalized spacial score (nSPS) is 10.8. The van der Waals surface area contributed by atoms with Gasteiger partial charge in [0.25, 0.3) is 0 Å². The van der Waals surface area contributed by atoms with Crippen LogP contribution in [0.25, 0.3) is 0 Å². The van der Waals surface area contributed by atoms with Crippen LogP contribution >= 0.6 is 11.8 Å². The minimum Gasteiger partial charge on any atom is -0.380 e. The molecule has 0 aliphatic carbocycles. The fourth-order valence-electron chi connectivity index (χ4n) is 1.04. The summed E-state index contributed by atoms with van der Waals surface area (Å²) in [5.41, 5.74) is 0. The van der Waals surface area contributed by atoms with Gasteiger partial charge in [0.15, 0.2) is 5.16 Å². The second-order valence-corrected chi connectivity index (χ2v) is 4.02. The molecule has 5 nitrogen and oxygen atoms in total. The van der Waals surface area contributed by atoms with E-state index in [1.54, 1.807) is 22.8 Å². The van der Waals surface area contributed by atoms with Crippen LogP contribution in [0.3, 0.4) is 0 Å². The summed E-state index contributed by atoms with van der Waals surface area (Å²) >= 11 is 1.70. The molecule has 0 fully saturated rings. The number of hydrogen-bond acceptors (Lipinski definition) is 5. The number of aromatic nitrogens is 3. The summed E-state index contributed by atoms with van der Waals surface area (Å²) in [4.78, 5) is 4.13. The molecule has 0 bridgehead atoms. The third-order valence-corrected chi connectivity index (χ3v) is 2.84. The fraction of sp³-hybridized carbons (Fsp3) is 0.778. The van der Waals surface area contributed by atoms with E-state index in [1.807, 2.05) is 14.0 Å². The van der Waals surface area contributed by atoms with Crippen molar-refractivity contribution in [1.29, 1.82) is 0 Å². The van der Waals surface area contributed by atoms with Gasteiger partial charge in [0, 0.05) is 32.5 Å². The van der Waals surface area contributed by atoms with E-state index in [1.165, 1.54) is 0 Å². The number of aryl methyl sites for hydroxylation is 1. The standard InChI is InChI=1S/C9H18N4OS/c1-3-14-6-4-10-5-7-15-9-11-8-12-13(9)2/h8,10H,3-7H2,1-2H3. The molecule has 0 aliphatic heterocycles. The lowest BCUT2D eigenvalue weighted by Gasteiger charge is -2.04. The van der Waals surface area contributed by atoms with E-state index in [9.17, 15) is 0 Å². The minimum absolute atomic E-state index is 0.783. The van der Waals surface area contributed by atoms with Gasteiger partial charge < -0.3 is 10.1 Å². The first kappa shape index (κ1) is 12.5. The Morgan fingerprint density at radius 3 is 3.07 bits per heavy atom. The second-order valence-electron chi connectivity index (χ2n) is 2.96. The molecule has 1 heterocycles. The van der Waals surface area contributed by atoms with Crippen LogP contribution in [0.1, 0.15) is 6.92 Å². The van der Waals surface area contributed by atoms with Gasteiger partial charge in [0.1, 0.15) is 6.33 Å². The zero-order valence-corrected chi connectivity index (χ0v) is 10.1.